The van der Waals surface area contributed by atoms with Crippen molar-refractivity contribution >= 4 is 11.7 Å². The standard InChI is InChI=1S/C14H19N5O/c1-4-15-13-6-12(5-10(2)18-13)14(20)16-7-11-8-17-19(3)9-11/h5-6,8-9H,4,7H2,1-3H3,(H,15,18)(H,16,20). The first-order valence-electron chi connectivity index (χ1n) is 6.56. The Morgan fingerprint density at radius 2 is 2.20 bits per heavy atom. The summed E-state index contributed by atoms with van der Waals surface area (Å²) in [5, 5.41) is 10.1. The fourth-order valence-electron chi connectivity index (χ4n) is 1.92. The molecule has 0 saturated heterocycles. The predicted octanol–water partition coefficient (Wildman–Crippen LogP) is 1.49. The summed E-state index contributed by atoms with van der Waals surface area (Å²) >= 11 is 0. The number of amides is 1. The zero-order valence-electron chi connectivity index (χ0n) is 12.0. The number of pyridine rings is 1. The summed E-state index contributed by atoms with van der Waals surface area (Å²) in [6.07, 6.45) is 3.62. The van der Waals surface area contributed by atoms with Crippen LogP contribution in [0.3, 0.4) is 0 Å². The highest BCUT2D eigenvalue weighted by atomic mass is 16.1. The first kappa shape index (κ1) is 14.0. The number of hydrogen-bond acceptors (Lipinski definition) is 4. The van der Waals surface area contributed by atoms with Gasteiger partial charge in [0.2, 0.25) is 0 Å². The van der Waals surface area contributed by atoms with Crippen LogP contribution in [0, 0.1) is 6.92 Å². The molecule has 2 heterocycles. The Kier molecular flexibility index (Phi) is 4.34. The van der Waals surface area contributed by atoms with Crippen LogP contribution in [0.25, 0.3) is 0 Å². The molecule has 2 aromatic heterocycles. The third-order valence-electron chi connectivity index (χ3n) is 2.78. The number of nitrogens with one attached hydrogen (secondary N) is 2. The van der Waals surface area contributed by atoms with Crippen molar-refractivity contribution in [3.8, 4) is 0 Å². The van der Waals surface area contributed by atoms with Gasteiger partial charge in [0, 0.05) is 43.2 Å². The van der Waals surface area contributed by atoms with Crippen molar-refractivity contribution in [1.82, 2.24) is 20.1 Å². The molecule has 0 aliphatic rings. The van der Waals surface area contributed by atoms with Crippen molar-refractivity contribution in [2.45, 2.75) is 20.4 Å². The van der Waals surface area contributed by atoms with Crippen molar-refractivity contribution in [2.75, 3.05) is 11.9 Å². The summed E-state index contributed by atoms with van der Waals surface area (Å²) in [5.41, 5.74) is 2.39. The predicted molar refractivity (Wildman–Crippen MR) is 77.5 cm³/mol. The first-order valence-corrected chi connectivity index (χ1v) is 6.56. The van der Waals surface area contributed by atoms with Crippen LogP contribution in [-0.2, 0) is 13.6 Å². The van der Waals surface area contributed by atoms with Crippen molar-refractivity contribution in [3.05, 3.63) is 41.3 Å². The van der Waals surface area contributed by atoms with E-state index in [4.69, 9.17) is 0 Å². The van der Waals surface area contributed by atoms with E-state index in [0.717, 1.165) is 23.6 Å². The molecule has 0 spiro atoms. The zero-order chi connectivity index (χ0) is 14.5. The molecular weight excluding hydrogens is 254 g/mol. The van der Waals surface area contributed by atoms with Crippen molar-refractivity contribution in [2.24, 2.45) is 7.05 Å². The summed E-state index contributed by atoms with van der Waals surface area (Å²) in [7, 11) is 1.85. The number of carbonyl (C=O) groups excluding carboxylic acids is 1. The molecule has 2 N–H and O–H groups in total. The molecule has 0 bridgehead atoms. The highest BCUT2D eigenvalue weighted by Crippen LogP contribution is 2.10. The van der Waals surface area contributed by atoms with Crippen molar-refractivity contribution in [1.29, 1.82) is 0 Å². The molecule has 0 radical (unpaired) electrons. The van der Waals surface area contributed by atoms with Gasteiger partial charge in [-0.15, -0.1) is 0 Å². The molecule has 0 saturated carbocycles. The van der Waals surface area contributed by atoms with E-state index in [1.807, 2.05) is 27.1 Å². The number of aromatic nitrogens is 3. The fourth-order valence-corrected chi connectivity index (χ4v) is 1.92. The lowest BCUT2D eigenvalue weighted by Crippen LogP contribution is -2.23. The highest BCUT2D eigenvalue weighted by molar-refractivity contribution is 5.94. The molecule has 6 heteroatoms. The molecule has 106 valence electrons. The first-order chi connectivity index (χ1) is 9.58. The van der Waals surface area contributed by atoms with Crippen LogP contribution in [0.5, 0.6) is 0 Å². The fraction of sp³-hybridized carbons (Fsp3) is 0.357. The van der Waals surface area contributed by atoms with Crippen LogP contribution in [0.2, 0.25) is 0 Å². The van der Waals surface area contributed by atoms with Gasteiger partial charge in [0.1, 0.15) is 5.82 Å². The Labute approximate surface area is 118 Å². The number of carbonyl (C=O) groups is 1. The Balaban J connectivity index is 2.04. The lowest BCUT2D eigenvalue weighted by Gasteiger charge is -2.08. The molecule has 0 fully saturated rings. The van der Waals surface area contributed by atoms with E-state index in [1.54, 1.807) is 23.0 Å². The number of hydrogen-bond donors (Lipinski definition) is 2. The topological polar surface area (TPSA) is 71.8 Å². The minimum atomic E-state index is -0.112. The third-order valence-corrected chi connectivity index (χ3v) is 2.78. The number of nitrogens with zero attached hydrogens (tertiary/aromatic N) is 3. The molecule has 1 amide bonds. The summed E-state index contributed by atoms with van der Waals surface area (Å²) in [6.45, 7) is 5.10. The maximum absolute atomic E-state index is 12.1. The van der Waals surface area contributed by atoms with Crippen LogP contribution < -0.4 is 10.6 Å². The Morgan fingerprint density at radius 3 is 2.85 bits per heavy atom. The number of aryl methyl sites for hydroxylation is 2. The molecule has 0 aliphatic carbocycles. The average molecular weight is 273 g/mol. The second-order valence-corrected chi connectivity index (χ2v) is 4.62. The minimum Gasteiger partial charge on any atom is -0.370 e. The molecule has 0 aliphatic heterocycles. The minimum absolute atomic E-state index is 0.112. The maximum Gasteiger partial charge on any atom is 0.251 e. The van der Waals surface area contributed by atoms with Crippen LogP contribution in [0.1, 0.15) is 28.5 Å². The van der Waals surface area contributed by atoms with Crippen LogP contribution in [0.15, 0.2) is 24.5 Å². The summed E-state index contributed by atoms with van der Waals surface area (Å²) in [4.78, 5) is 16.5. The van der Waals surface area contributed by atoms with E-state index in [0.29, 0.717) is 12.1 Å². The molecule has 0 aromatic carbocycles. The quantitative estimate of drug-likeness (QED) is 0.865. The highest BCUT2D eigenvalue weighted by Gasteiger charge is 2.08. The van der Waals surface area contributed by atoms with Gasteiger partial charge in [-0.25, -0.2) is 4.98 Å². The monoisotopic (exact) mass is 273 g/mol. The molecule has 0 unspecified atom stereocenters. The summed E-state index contributed by atoms with van der Waals surface area (Å²) in [5.74, 6) is 0.609. The molecule has 0 atom stereocenters. The van der Waals surface area contributed by atoms with Gasteiger partial charge in [0.25, 0.3) is 5.91 Å². The largest absolute Gasteiger partial charge is 0.370 e. The Bertz CT molecular complexity index is 605. The lowest BCUT2D eigenvalue weighted by molar-refractivity contribution is 0.0950. The van der Waals surface area contributed by atoms with Crippen molar-refractivity contribution in [3.63, 3.8) is 0 Å². The van der Waals surface area contributed by atoms with Gasteiger partial charge in [0.15, 0.2) is 0 Å². The van der Waals surface area contributed by atoms with Gasteiger partial charge >= 0.3 is 0 Å². The average Bonchev–Trinajstić information content (AvgIpc) is 2.81. The van der Waals surface area contributed by atoms with Crippen LogP contribution >= 0.6 is 0 Å². The molecule has 2 rings (SSSR count). The van der Waals surface area contributed by atoms with Crippen molar-refractivity contribution < 1.29 is 4.79 Å². The van der Waals surface area contributed by atoms with Gasteiger partial charge in [-0.2, -0.15) is 5.10 Å². The van der Waals surface area contributed by atoms with E-state index < -0.39 is 0 Å². The zero-order valence-corrected chi connectivity index (χ0v) is 12.0. The second-order valence-electron chi connectivity index (χ2n) is 4.62. The Hall–Kier alpha value is -2.37. The lowest BCUT2D eigenvalue weighted by atomic mass is 10.2. The number of rotatable bonds is 5. The molecule has 2 aromatic rings. The van der Waals surface area contributed by atoms with Crippen LogP contribution in [0.4, 0.5) is 5.82 Å². The normalized spacial score (nSPS) is 10.3. The van der Waals surface area contributed by atoms with Gasteiger partial charge in [-0.3, -0.25) is 9.48 Å². The van der Waals surface area contributed by atoms with E-state index in [9.17, 15) is 4.79 Å². The summed E-state index contributed by atoms with van der Waals surface area (Å²) in [6, 6.07) is 3.54. The van der Waals surface area contributed by atoms with E-state index >= 15 is 0 Å². The van der Waals surface area contributed by atoms with E-state index in [2.05, 4.69) is 20.7 Å². The van der Waals surface area contributed by atoms with Gasteiger partial charge in [-0.05, 0) is 26.0 Å². The molecule has 20 heavy (non-hydrogen) atoms. The molecule has 6 nitrogen and oxygen atoms in total. The second kappa shape index (κ2) is 6.18. The third kappa shape index (κ3) is 3.57. The van der Waals surface area contributed by atoms with Gasteiger partial charge < -0.3 is 10.6 Å². The van der Waals surface area contributed by atoms with E-state index in [1.165, 1.54) is 0 Å². The Morgan fingerprint density at radius 1 is 1.40 bits per heavy atom. The van der Waals surface area contributed by atoms with E-state index in [-0.39, 0.29) is 5.91 Å². The van der Waals surface area contributed by atoms with Crippen LogP contribution in [-0.4, -0.2) is 27.2 Å². The maximum atomic E-state index is 12.1. The number of anilines is 1. The SMILES string of the molecule is CCNc1cc(C(=O)NCc2cnn(C)c2)cc(C)n1. The van der Waals surface area contributed by atoms with Gasteiger partial charge in [0.05, 0.1) is 6.20 Å². The van der Waals surface area contributed by atoms with Gasteiger partial charge in [-0.1, -0.05) is 0 Å². The molecular formula is C14H19N5O. The smallest absolute Gasteiger partial charge is 0.251 e. The summed E-state index contributed by atoms with van der Waals surface area (Å²) < 4.78 is 1.71.